The number of halogens is 1. The summed E-state index contributed by atoms with van der Waals surface area (Å²) >= 11 is 3.49. The van der Waals surface area contributed by atoms with Crippen LogP contribution in [-0.4, -0.2) is 33.9 Å². The zero-order chi connectivity index (χ0) is 18.2. The van der Waals surface area contributed by atoms with Gasteiger partial charge in [-0.1, -0.05) is 47.1 Å². The molecule has 1 atom stereocenters. The summed E-state index contributed by atoms with van der Waals surface area (Å²) in [5.74, 6) is 1.01. The second-order valence-electron chi connectivity index (χ2n) is 7.75. The minimum absolute atomic E-state index is 0.307. The van der Waals surface area contributed by atoms with Crippen LogP contribution in [0.25, 0.3) is 0 Å². The summed E-state index contributed by atoms with van der Waals surface area (Å²) < 4.78 is 6.64. The van der Waals surface area contributed by atoms with Gasteiger partial charge in [0.05, 0.1) is 11.0 Å². The van der Waals surface area contributed by atoms with E-state index < -0.39 is 5.60 Å². The molecule has 0 spiro atoms. The monoisotopic (exact) mass is 407 g/mol. The molecule has 2 aromatic rings. The fraction of sp³-hybridized carbons (Fsp3) is 0.579. The number of rotatable bonds is 4. The van der Waals surface area contributed by atoms with Gasteiger partial charge >= 0.3 is 6.01 Å². The topological polar surface area (TPSA) is 62.4 Å². The Hall–Kier alpha value is -1.40. The lowest BCUT2D eigenvalue weighted by atomic mass is 9.73. The highest BCUT2D eigenvalue weighted by atomic mass is 79.9. The number of piperidine rings is 1. The molecule has 1 aliphatic heterocycles. The van der Waals surface area contributed by atoms with Gasteiger partial charge in [-0.3, -0.25) is 0 Å². The highest BCUT2D eigenvalue weighted by Crippen LogP contribution is 2.38. The number of hydrogen-bond donors (Lipinski definition) is 1. The van der Waals surface area contributed by atoms with Crippen molar-refractivity contribution in [1.82, 2.24) is 10.1 Å². The maximum absolute atomic E-state index is 10.1. The lowest BCUT2D eigenvalue weighted by molar-refractivity contribution is 0.0341. The van der Waals surface area contributed by atoms with E-state index in [0.29, 0.717) is 30.6 Å². The Morgan fingerprint density at radius 3 is 2.40 bits per heavy atom. The quantitative estimate of drug-likeness (QED) is 0.824. The SMILES string of the molecule is CC(C)C(C)(c1ccc(Br)cc1)c1noc(N2CCC(C)(O)CC2)n1. The molecule has 1 fully saturated rings. The van der Waals surface area contributed by atoms with Crippen LogP contribution in [0.5, 0.6) is 0 Å². The van der Waals surface area contributed by atoms with E-state index in [0.717, 1.165) is 17.6 Å². The molecule has 0 amide bonds. The molecule has 0 bridgehead atoms. The van der Waals surface area contributed by atoms with Gasteiger partial charge in [-0.05, 0) is 50.3 Å². The van der Waals surface area contributed by atoms with Crippen molar-refractivity contribution in [1.29, 1.82) is 0 Å². The Kier molecular flexibility index (Phi) is 4.95. The predicted molar refractivity (Wildman–Crippen MR) is 102 cm³/mol. The average Bonchev–Trinajstić information content (AvgIpc) is 3.05. The van der Waals surface area contributed by atoms with Crippen molar-refractivity contribution in [2.45, 2.75) is 51.6 Å². The Morgan fingerprint density at radius 1 is 1.24 bits per heavy atom. The number of nitrogens with zero attached hydrogens (tertiary/aromatic N) is 3. The first kappa shape index (κ1) is 18.4. The highest BCUT2D eigenvalue weighted by Gasteiger charge is 2.38. The molecule has 0 radical (unpaired) electrons. The Morgan fingerprint density at radius 2 is 1.84 bits per heavy atom. The van der Waals surface area contributed by atoms with Gasteiger partial charge < -0.3 is 14.5 Å². The van der Waals surface area contributed by atoms with Crippen molar-refractivity contribution in [2.75, 3.05) is 18.0 Å². The number of aliphatic hydroxyl groups is 1. The van der Waals surface area contributed by atoms with E-state index in [1.807, 2.05) is 19.1 Å². The Balaban J connectivity index is 1.89. The van der Waals surface area contributed by atoms with Gasteiger partial charge in [0, 0.05) is 17.6 Å². The van der Waals surface area contributed by atoms with Crippen LogP contribution in [-0.2, 0) is 5.41 Å². The molecule has 1 saturated heterocycles. The molecule has 136 valence electrons. The van der Waals surface area contributed by atoms with Gasteiger partial charge in [-0.15, -0.1) is 0 Å². The first-order chi connectivity index (χ1) is 11.7. The second kappa shape index (κ2) is 6.72. The largest absolute Gasteiger partial charge is 0.390 e. The first-order valence-electron chi connectivity index (χ1n) is 8.80. The fourth-order valence-electron chi connectivity index (χ4n) is 3.25. The third-order valence-corrected chi connectivity index (χ3v) is 6.12. The smallest absolute Gasteiger partial charge is 0.324 e. The van der Waals surface area contributed by atoms with Crippen molar-refractivity contribution in [3.63, 3.8) is 0 Å². The van der Waals surface area contributed by atoms with Crippen LogP contribution in [0.3, 0.4) is 0 Å². The zero-order valence-electron chi connectivity index (χ0n) is 15.3. The first-order valence-corrected chi connectivity index (χ1v) is 9.59. The lowest BCUT2D eigenvalue weighted by Gasteiger charge is -2.34. The molecule has 1 aromatic heterocycles. The van der Waals surface area contributed by atoms with Crippen LogP contribution in [0.4, 0.5) is 6.01 Å². The highest BCUT2D eigenvalue weighted by molar-refractivity contribution is 9.10. The molecule has 3 rings (SSSR count). The van der Waals surface area contributed by atoms with Crippen LogP contribution in [0.2, 0.25) is 0 Å². The van der Waals surface area contributed by atoms with Gasteiger partial charge in [0.2, 0.25) is 0 Å². The maximum atomic E-state index is 10.1. The minimum atomic E-state index is -0.594. The summed E-state index contributed by atoms with van der Waals surface area (Å²) in [5, 5.41) is 14.4. The van der Waals surface area contributed by atoms with Gasteiger partial charge in [0.1, 0.15) is 0 Å². The van der Waals surface area contributed by atoms with E-state index in [2.05, 4.69) is 58.9 Å². The van der Waals surface area contributed by atoms with Gasteiger partial charge in [-0.2, -0.15) is 4.98 Å². The Labute approximate surface area is 157 Å². The molecule has 2 heterocycles. The van der Waals surface area contributed by atoms with Crippen LogP contribution in [0.15, 0.2) is 33.3 Å². The third-order valence-electron chi connectivity index (χ3n) is 5.59. The molecule has 1 N–H and O–H groups in total. The third kappa shape index (κ3) is 3.60. The average molecular weight is 408 g/mol. The van der Waals surface area contributed by atoms with E-state index in [1.165, 1.54) is 5.56 Å². The summed E-state index contributed by atoms with van der Waals surface area (Å²) in [6, 6.07) is 8.86. The molecule has 5 nitrogen and oxygen atoms in total. The molecule has 25 heavy (non-hydrogen) atoms. The molecule has 1 aliphatic rings. The van der Waals surface area contributed by atoms with Crippen LogP contribution < -0.4 is 4.90 Å². The van der Waals surface area contributed by atoms with E-state index in [4.69, 9.17) is 9.51 Å². The number of aromatic nitrogens is 2. The molecule has 0 saturated carbocycles. The summed E-state index contributed by atoms with van der Waals surface area (Å²) in [7, 11) is 0. The Bertz CT molecular complexity index is 717. The minimum Gasteiger partial charge on any atom is -0.390 e. The molecular formula is C19H26BrN3O2. The van der Waals surface area contributed by atoms with Crippen LogP contribution in [0.1, 0.15) is 51.9 Å². The molecule has 6 heteroatoms. The zero-order valence-corrected chi connectivity index (χ0v) is 16.9. The molecule has 0 aliphatic carbocycles. The van der Waals surface area contributed by atoms with E-state index in [1.54, 1.807) is 0 Å². The number of benzene rings is 1. The van der Waals surface area contributed by atoms with Gasteiger partial charge in [0.25, 0.3) is 0 Å². The summed E-state index contributed by atoms with van der Waals surface area (Å²) in [4.78, 5) is 6.79. The summed E-state index contributed by atoms with van der Waals surface area (Å²) in [5.41, 5.74) is 0.243. The van der Waals surface area contributed by atoms with Crippen molar-refractivity contribution in [3.8, 4) is 0 Å². The lowest BCUT2D eigenvalue weighted by Crippen LogP contribution is -2.42. The molecule has 1 unspecified atom stereocenters. The van der Waals surface area contributed by atoms with Gasteiger partial charge in [0.15, 0.2) is 5.82 Å². The normalized spacial score (nSPS) is 19.9. The molecular weight excluding hydrogens is 382 g/mol. The van der Waals surface area contributed by atoms with Crippen LogP contribution >= 0.6 is 15.9 Å². The summed E-state index contributed by atoms with van der Waals surface area (Å²) in [6.07, 6.45) is 1.41. The van der Waals surface area contributed by atoms with Crippen molar-refractivity contribution in [2.24, 2.45) is 5.92 Å². The van der Waals surface area contributed by atoms with Crippen LogP contribution in [0, 0.1) is 5.92 Å². The van der Waals surface area contributed by atoms with E-state index >= 15 is 0 Å². The second-order valence-corrected chi connectivity index (χ2v) is 8.66. The maximum Gasteiger partial charge on any atom is 0.324 e. The van der Waals surface area contributed by atoms with Gasteiger partial charge in [-0.25, -0.2) is 0 Å². The molecule has 1 aromatic carbocycles. The van der Waals surface area contributed by atoms with Crippen molar-refractivity contribution < 1.29 is 9.63 Å². The van der Waals surface area contributed by atoms with Crippen molar-refractivity contribution >= 4 is 21.9 Å². The predicted octanol–water partition coefficient (Wildman–Crippen LogP) is 4.15. The summed E-state index contributed by atoms with van der Waals surface area (Å²) in [6.45, 7) is 9.85. The fourth-order valence-corrected chi connectivity index (χ4v) is 3.52. The van der Waals surface area contributed by atoms with Crippen molar-refractivity contribution in [3.05, 3.63) is 40.1 Å². The number of anilines is 1. The number of hydrogen-bond acceptors (Lipinski definition) is 5. The standard InChI is InChI=1S/C19H26BrN3O2/c1-13(2)19(4,14-5-7-15(20)8-6-14)16-21-17(25-22-16)23-11-9-18(3,24)10-12-23/h5-8,13,24H,9-12H2,1-4H3. The van der Waals surface area contributed by atoms with E-state index in [9.17, 15) is 5.11 Å². The van der Waals surface area contributed by atoms with E-state index in [-0.39, 0.29) is 5.41 Å².